The largest absolute Gasteiger partial charge is 0.497 e. The molecule has 0 bridgehead atoms. The molecule has 0 saturated carbocycles. The number of hydrogen-bond donors (Lipinski definition) is 2. The number of benzene rings is 1. The second kappa shape index (κ2) is 5.73. The maximum Gasteiger partial charge on any atom is 0.146 e. The number of ether oxygens (including phenoxy) is 1. The van der Waals surface area contributed by atoms with Crippen LogP contribution in [0.3, 0.4) is 0 Å². The number of aromatic nitrogens is 2. The molecule has 1 aromatic carbocycles. The van der Waals surface area contributed by atoms with E-state index in [1.165, 1.54) is 13.2 Å². The number of nitrogens with one attached hydrogen (secondary N) is 2. The van der Waals surface area contributed by atoms with Gasteiger partial charge in [0.05, 0.1) is 12.8 Å². The highest BCUT2D eigenvalue weighted by molar-refractivity contribution is 5.66. The molecule has 0 aliphatic rings. The third-order valence-corrected chi connectivity index (χ3v) is 2.92. The van der Waals surface area contributed by atoms with Crippen molar-refractivity contribution in [3.8, 4) is 5.75 Å². The van der Waals surface area contributed by atoms with E-state index >= 15 is 0 Å². The summed E-state index contributed by atoms with van der Waals surface area (Å²) in [6.07, 6.45) is 0. The molecule has 5 nitrogen and oxygen atoms in total. The lowest BCUT2D eigenvalue weighted by Crippen LogP contribution is -2.06. The van der Waals surface area contributed by atoms with Gasteiger partial charge in [0.1, 0.15) is 29.0 Å². The molecular weight excluding hydrogens is 259 g/mol. The summed E-state index contributed by atoms with van der Waals surface area (Å²) >= 11 is 0. The van der Waals surface area contributed by atoms with Crippen LogP contribution in [-0.2, 0) is 0 Å². The molecule has 106 valence electrons. The fourth-order valence-corrected chi connectivity index (χ4v) is 1.85. The van der Waals surface area contributed by atoms with Gasteiger partial charge in [-0.25, -0.2) is 14.4 Å². The van der Waals surface area contributed by atoms with Crippen LogP contribution in [-0.4, -0.2) is 24.1 Å². The Hall–Kier alpha value is -2.37. The van der Waals surface area contributed by atoms with Gasteiger partial charge in [-0.15, -0.1) is 0 Å². The Balaban J connectivity index is 2.42. The molecule has 0 fully saturated rings. The highest BCUT2D eigenvalue weighted by Crippen LogP contribution is 2.27. The van der Waals surface area contributed by atoms with Gasteiger partial charge in [0.15, 0.2) is 0 Å². The van der Waals surface area contributed by atoms with Gasteiger partial charge in [0.2, 0.25) is 0 Å². The summed E-state index contributed by atoms with van der Waals surface area (Å²) in [5, 5.41) is 5.97. The average molecular weight is 276 g/mol. The highest BCUT2D eigenvalue weighted by Gasteiger charge is 2.11. The van der Waals surface area contributed by atoms with Gasteiger partial charge in [-0.2, -0.15) is 0 Å². The summed E-state index contributed by atoms with van der Waals surface area (Å²) in [5.41, 5.74) is 1.13. The van der Waals surface area contributed by atoms with Crippen LogP contribution < -0.4 is 15.4 Å². The van der Waals surface area contributed by atoms with Crippen molar-refractivity contribution < 1.29 is 9.13 Å². The smallest absolute Gasteiger partial charge is 0.146 e. The minimum Gasteiger partial charge on any atom is -0.497 e. The van der Waals surface area contributed by atoms with E-state index < -0.39 is 0 Å². The SMILES string of the molecule is CNc1nc(C)nc(Nc2cc(OC)ccc2F)c1C. The Morgan fingerprint density at radius 3 is 2.50 bits per heavy atom. The highest BCUT2D eigenvalue weighted by atomic mass is 19.1. The summed E-state index contributed by atoms with van der Waals surface area (Å²) in [7, 11) is 3.32. The van der Waals surface area contributed by atoms with Crippen LogP contribution in [0.4, 0.5) is 21.7 Å². The molecule has 0 aliphatic carbocycles. The van der Waals surface area contributed by atoms with Crippen molar-refractivity contribution >= 4 is 17.3 Å². The first-order valence-corrected chi connectivity index (χ1v) is 6.18. The number of anilines is 3. The van der Waals surface area contributed by atoms with Crippen molar-refractivity contribution in [2.24, 2.45) is 0 Å². The summed E-state index contributed by atoms with van der Waals surface area (Å²) in [4.78, 5) is 8.57. The first kappa shape index (κ1) is 14.0. The van der Waals surface area contributed by atoms with E-state index in [-0.39, 0.29) is 5.82 Å². The standard InChI is InChI=1S/C14H17FN4O/c1-8-13(16-3)17-9(2)18-14(8)19-12-7-10(20-4)5-6-11(12)15/h5-7H,1-4H3,(H2,16,17,18,19). The molecule has 1 heterocycles. The molecule has 2 aromatic rings. The molecule has 0 amide bonds. The topological polar surface area (TPSA) is 59.1 Å². The molecule has 1 aromatic heterocycles. The van der Waals surface area contributed by atoms with Crippen molar-refractivity contribution in [1.29, 1.82) is 0 Å². The fourth-order valence-electron chi connectivity index (χ4n) is 1.85. The first-order chi connectivity index (χ1) is 9.55. The predicted octanol–water partition coefficient (Wildman–Crippen LogP) is 3.03. The fraction of sp³-hybridized carbons (Fsp3) is 0.286. The van der Waals surface area contributed by atoms with Crippen molar-refractivity contribution in [3.63, 3.8) is 0 Å². The van der Waals surface area contributed by atoms with Gasteiger partial charge in [0.25, 0.3) is 0 Å². The van der Waals surface area contributed by atoms with Gasteiger partial charge in [0, 0.05) is 18.7 Å². The maximum atomic E-state index is 13.8. The molecule has 0 atom stereocenters. The average Bonchev–Trinajstić information content (AvgIpc) is 2.44. The van der Waals surface area contributed by atoms with Crippen LogP contribution >= 0.6 is 0 Å². The first-order valence-electron chi connectivity index (χ1n) is 6.18. The minimum absolute atomic E-state index is 0.313. The Labute approximate surface area is 117 Å². The van der Waals surface area contributed by atoms with Crippen molar-refractivity contribution in [2.45, 2.75) is 13.8 Å². The number of nitrogens with zero attached hydrogens (tertiary/aromatic N) is 2. The van der Waals surface area contributed by atoms with Gasteiger partial charge in [-0.05, 0) is 26.0 Å². The van der Waals surface area contributed by atoms with E-state index in [9.17, 15) is 4.39 Å². The van der Waals surface area contributed by atoms with E-state index in [4.69, 9.17) is 4.74 Å². The molecule has 0 saturated heterocycles. The van der Waals surface area contributed by atoms with Crippen molar-refractivity contribution in [1.82, 2.24) is 9.97 Å². The Morgan fingerprint density at radius 1 is 1.15 bits per heavy atom. The van der Waals surface area contributed by atoms with Crippen LogP contribution in [0.2, 0.25) is 0 Å². The molecule has 2 N–H and O–H groups in total. The Bertz CT molecular complexity index is 631. The summed E-state index contributed by atoms with van der Waals surface area (Å²) < 4.78 is 18.9. The van der Waals surface area contributed by atoms with Gasteiger partial charge < -0.3 is 15.4 Å². The molecule has 6 heteroatoms. The van der Waals surface area contributed by atoms with Crippen LogP contribution in [0.15, 0.2) is 18.2 Å². The van der Waals surface area contributed by atoms with Crippen LogP contribution in [0, 0.1) is 19.7 Å². The molecule has 2 rings (SSSR count). The summed E-state index contributed by atoms with van der Waals surface area (Å²) in [5.74, 6) is 2.08. The Morgan fingerprint density at radius 2 is 1.85 bits per heavy atom. The number of aryl methyl sites for hydroxylation is 1. The van der Waals surface area contributed by atoms with Gasteiger partial charge in [-0.3, -0.25) is 0 Å². The zero-order valence-corrected chi connectivity index (χ0v) is 11.9. The third kappa shape index (κ3) is 2.79. The van der Waals surface area contributed by atoms with E-state index in [1.54, 1.807) is 26.1 Å². The van der Waals surface area contributed by atoms with Gasteiger partial charge in [-0.1, -0.05) is 0 Å². The predicted molar refractivity (Wildman–Crippen MR) is 77.3 cm³/mol. The van der Waals surface area contributed by atoms with Gasteiger partial charge >= 0.3 is 0 Å². The zero-order chi connectivity index (χ0) is 14.7. The molecule has 20 heavy (non-hydrogen) atoms. The number of rotatable bonds is 4. The van der Waals surface area contributed by atoms with Crippen LogP contribution in [0.1, 0.15) is 11.4 Å². The lowest BCUT2D eigenvalue weighted by Gasteiger charge is -2.13. The van der Waals surface area contributed by atoms with Crippen molar-refractivity contribution in [3.05, 3.63) is 35.4 Å². The van der Waals surface area contributed by atoms with E-state index in [2.05, 4.69) is 20.6 Å². The van der Waals surface area contributed by atoms with E-state index in [0.29, 0.717) is 28.9 Å². The molecule has 0 spiro atoms. The molecule has 0 radical (unpaired) electrons. The van der Waals surface area contributed by atoms with E-state index in [0.717, 1.165) is 5.56 Å². The maximum absolute atomic E-state index is 13.8. The second-order valence-corrected chi connectivity index (χ2v) is 4.31. The third-order valence-electron chi connectivity index (χ3n) is 2.92. The van der Waals surface area contributed by atoms with Crippen LogP contribution in [0.25, 0.3) is 0 Å². The number of methoxy groups -OCH3 is 1. The number of hydrogen-bond acceptors (Lipinski definition) is 5. The zero-order valence-electron chi connectivity index (χ0n) is 11.9. The number of halogens is 1. The van der Waals surface area contributed by atoms with Crippen LogP contribution in [0.5, 0.6) is 5.75 Å². The normalized spacial score (nSPS) is 10.2. The summed E-state index contributed by atoms with van der Waals surface area (Å²) in [6, 6.07) is 4.51. The minimum atomic E-state index is -0.368. The quantitative estimate of drug-likeness (QED) is 0.899. The van der Waals surface area contributed by atoms with E-state index in [1.807, 2.05) is 6.92 Å². The lowest BCUT2D eigenvalue weighted by molar-refractivity contribution is 0.414. The van der Waals surface area contributed by atoms with Crippen molar-refractivity contribution in [2.75, 3.05) is 24.8 Å². The monoisotopic (exact) mass is 276 g/mol. The molecular formula is C14H17FN4O. The summed E-state index contributed by atoms with van der Waals surface area (Å²) in [6.45, 7) is 3.65. The Kier molecular flexibility index (Phi) is 4.02. The molecule has 0 aliphatic heterocycles. The lowest BCUT2D eigenvalue weighted by atomic mass is 10.2. The second-order valence-electron chi connectivity index (χ2n) is 4.31. The molecule has 0 unspecified atom stereocenters.